The molecule has 33 heavy (non-hydrogen) atoms. The number of hydrogen-bond donors (Lipinski definition) is 1. The van der Waals surface area contributed by atoms with Crippen molar-refractivity contribution in [3.8, 4) is 11.4 Å². The van der Waals surface area contributed by atoms with E-state index in [-0.39, 0.29) is 21.9 Å². The van der Waals surface area contributed by atoms with Crippen LogP contribution in [-0.4, -0.2) is 46.0 Å². The summed E-state index contributed by atoms with van der Waals surface area (Å²) in [5.41, 5.74) is 2.14. The first-order chi connectivity index (χ1) is 15.7. The summed E-state index contributed by atoms with van der Waals surface area (Å²) in [6, 6.07) is 13.8. The Morgan fingerprint density at radius 1 is 1.18 bits per heavy atom. The van der Waals surface area contributed by atoms with Crippen LogP contribution >= 0.6 is 22.9 Å². The molecular formula is C20H17ClN6O4S2. The average molecular weight is 505 g/mol. The first-order valence-corrected chi connectivity index (χ1v) is 12.1. The molecule has 1 N–H and O–H groups in total. The van der Waals surface area contributed by atoms with E-state index in [9.17, 15) is 13.2 Å². The van der Waals surface area contributed by atoms with Crippen LogP contribution in [0.3, 0.4) is 0 Å². The van der Waals surface area contributed by atoms with Gasteiger partial charge >= 0.3 is 0 Å². The highest BCUT2D eigenvalue weighted by atomic mass is 35.5. The maximum Gasteiger partial charge on any atom is 0.272 e. The van der Waals surface area contributed by atoms with Gasteiger partial charge in [-0.25, -0.2) is 8.42 Å². The summed E-state index contributed by atoms with van der Waals surface area (Å²) in [4.78, 5) is 16.6. The highest BCUT2D eigenvalue weighted by Crippen LogP contribution is 2.25. The summed E-state index contributed by atoms with van der Waals surface area (Å²) < 4.78 is 31.7. The summed E-state index contributed by atoms with van der Waals surface area (Å²) in [6.07, 6.45) is 0. The fraction of sp³-hybridized carbons (Fsp3) is 0.150. The largest absolute Gasteiger partial charge is 0.338 e. The number of aromatic nitrogens is 4. The Labute approximate surface area is 198 Å². The predicted molar refractivity (Wildman–Crippen MR) is 122 cm³/mol. The topological polar surface area (TPSA) is 131 Å². The molecule has 4 rings (SSSR count). The maximum atomic E-state index is 12.9. The highest BCUT2D eigenvalue weighted by molar-refractivity contribution is 7.91. The third kappa shape index (κ3) is 5.25. The monoisotopic (exact) mass is 504 g/mol. The minimum absolute atomic E-state index is 0.0430. The van der Waals surface area contributed by atoms with E-state index in [1.807, 2.05) is 31.2 Å². The number of carbonyl (C=O) groups excluding carboxylic acids is 1. The molecule has 2 aromatic carbocycles. The fourth-order valence-electron chi connectivity index (χ4n) is 2.76. The third-order valence-corrected chi connectivity index (χ3v) is 7.71. The van der Waals surface area contributed by atoms with E-state index < -0.39 is 15.9 Å². The van der Waals surface area contributed by atoms with Crippen LogP contribution in [-0.2, 0) is 16.6 Å². The van der Waals surface area contributed by atoms with Gasteiger partial charge in [0.15, 0.2) is 0 Å². The van der Waals surface area contributed by atoms with E-state index in [1.54, 1.807) is 24.3 Å². The molecule has 0 atom stereocenters. The number of nitrogens with zero attached hydrogens (tertiary/aromatic N) is 5. The number of aryl methyl sites for hydroxylation is 1. The Hall–Kier alpha value is -3.19. The average Bonchev–Trinajstić information content (AvgIpc) is 3.44. The van der Waals surface area contributed by atoms with Crippen LogP contribution in [0.2, 0.25) is 5.02 Å². The summed E-state index contributed by atoms with van der Waals surface area (Å²) >= 11 is 6.55. The molecule has 0 radical (unpaired) electrons. The summed E-state index contributed by atoms with van der Waals surface area (Å²) in [7, 11) is -2.64. The van der Waals surface area contributed by atoms with Crippen LogP contribution < -0.4 is 5.32 Å². The molecule has 0 bridgehead atoms. The van der Waals surface area contributed by atoms with Crippen LogP contribution in [0, 0.1) is 6.92 Å². The summed E-state index contributed by atoms with van der Waals surface area (Å²) in [6.45, 7) is 1.78. The second-order valence-electron chi connectivity index (χ2n) is 6.98. The molecule has 1 amide bonds. The van der Waals surface area contributed by atoms with Gasteiger partial charge in [0.1, 0.15) is 0 Å². The SMILES string of the molecule is Cc1cccc(-c2noc(CN(C)S(=O)(=O)c3nnc(NC(=O)c4ccc(Cl)cc4)s3)n2)c1. The molecule has 4 aromatic rings. The first kappa shape index (κ1) is 23.0. The number of benzene rings is 2. The summed E-state index contributed by atoms with van der Waals surface area (Å²) in [5, 5.41) is 14.4. The van der Waals surface area contributed by atoms with Gasteiger partial charge < -0.3 is 4.52 Å². The number of amides is 1. The van der Waals surface area contributed by atoms with Crippen molar-refractivity contribution >= 4 is 44.0 Å². The third-order valence-electron chi connectivity index (χ3n) is 4.47. The smallest absolute Gasteiger partial charge is 0.272 e. The second kappa shape index (κ2) is 9.35. The lowest BCUT2D eigenvalue weighted by molar-refractivity contribution is 0.102. The van der Waals surface area contributed by atoms with Crippen molar-refractivity contribution in [1.82, 2.24) is 24.6 Å². The van der Waals surface area contributed by atoms with Crippen molar-refractivity contribution < 1.29 is 17.7 Å². The van der Waals surface area contributed by atoms with Gasteiger partial charge in [-0.1, -0.05) is 51.9 Å². The van der Waals surface area contributed by atoms with E-state index in [1.165, 1.54) is 7.05 Å². The van der Waals surface area contributed by atoms with Crippen molar-refractivity contribution in [3.05, 3.63) is 70.6 Å². The highest BCUT2D eigenvalue weighted by Gasteiger charge is 2.28. The van der Waals surface area contributed by atoms with Gasteiger partial charge in [-0.05, 0) is 37.3 Å². The number of sulfonamides is 1. The number of nitrogens with one attached hydrogen (secondary N) is 1. The molecule has 2 heterocycles. The minimum atomic E-state index is -4.00. The van der Waals surface area contributed by atoms with Gasteiger partial charge in [0.25, 0.3) is 15.9 Å². The van der Waals surface area contributed by atoms with Crippen molar-refractivity contribution in [2.24, 2.45) is 0 Å². The van der Waals surface area contributed by atoms with Crippen LogP contribution in [0.25, 0.3) is 11.4 Å². The molecular weight excluding hydrogens is 488 g/mol. The Kier molecular flexibility index (Phi) is 6.51. The molecule has 0 aliphatic heterocycles. The van der Waals surface area contributed by atoms with Crippen molar-refractivity contribution in [2.45, 2.75) is 17.8 Å². The Bertz CT molecular complexity index is 1400. The number of anilines is 1. The lowest BCUT2D eigenvalue weighted by atomic mass is 10.1. The zero-order valence-corrected chi connectivity index (χ0v) is 19.8. The predicted octanol–water partition coefficient (Wildman–Crippen LogP) is 3.62. The number of halogens is 1. The van der Waals surface area contributed by atoms with Crippen LogP contribution in [0.15, 0.2) is 57.4 Å². The maximum absolute atomic E-state index is 12.9. The molecule has 0 unspecified atom stereocenters. The van der Waals surface area contributed by atoms with Gasteiger partial charge in [-0.2, -0.15) is 9.29 Å². The Morgan fingerprint density at radius 2 is 1.94 bits per heavy atom. The lowest BCUT2D eigenvalue weighted by Gasteiger charge is -2.11. The molecule has 13 heteroatoms. The minimum Gasteiger partial charge on any atom is -0.338 e. The molecule has 0 fully saturated rings. The Morgan fingerprint density at radius 3 is 2.67 bits per heavy atom. The molecule has 0 saturated carbocycles. The second-order valence-corrected chi connectivity index (χ2v) is 10.6. The molecule has 2 aromatic heterocycles. The van der Waals surface area contributed by atoms with Gasteiger partial charge in [0.2, 0.25) is 21.2 Å². The van der Waals surface area contributed by atoms with E-state index in [4.69, 9.17) is 16.1 Å². The Balaban J connectivity index is 1.44. The van der Waals surface area contributed by atoms with Crippen LogP contribution in [0.4, 0.5) is 5.13 Å². The molecule has 0 aliphatic rings. The lowest BCUT2D eigenvalue weighted by Crippen LogP contribution is -2.26. The van der Waals surface area contributed by atoms with Crippen molar-refractivity contribution in [2.75, 3.05) is 12.4 Å². The van der Waals surface area contributed by atoms with E-state index >= 15 is 0 Å². The summed E-state index contributed by atoms with van der Waals surface area (Å²) in [5.74, 6) is 0.0237. The zero-order chi connectivity index (χ0) is 23.6. The molecule has 0 spiro atoms. The standard InChI is InChI=1S/C20H17ClN6O4S2/c1-12-4-3-5-14(10-12)17-22-16(31-26-17)11-27(2)33(29,30)20-25-24-19(32-20)23-18(28)13-6-8-15(21)9-7-13/h3-10H,11H2,1-2H3,(H,23,24,28). The van der Waals surface area contributed by atoms with E-state index in [0.717, 1.165) is 26.8 Å². The van der Waals surface area contributed by atoms with Crippen molar-refractivity contribution in [1.29, 1.82) is 0 Å². The zero-order valence-electron chi connectivity index (χ0n) is 17.4. The van der Waals surface area contributed by atoms with Gasteiger partial charge in [0.05, 0.1) is 6.54 Å². The molecule has 10 nitrogen and oxygen atoms in total. The fourth-order valence-corrected chi connectivity index (χ4v) is 5.09. The molecule has 0 saturated heterocycles. The van der Waals surface area contributed by atoms with E-state index in [2.05, 4.69) is 25.7 Å². The number of hydrogen-bond acceptors (Lipinski definition) is 9. The van der Waals surface area contributed by atoms with Gasteiger partial charge in [-0.3, -0.25) is 10.1 Å². The van der Waals surface area contributed by atoms with E-state index in [0.29, 0.717) is 16.4 Å². The molecule has 0 aliphatic carbocycles. The normalized spacial score (nSPS) is 11.6. The number of carbonyl (C=O) groups is 1. The first-order valence-electron chi connectivity index (χ1n) is 9.49. The van der Waals surface area contributed by atoms with Gasteiger partial charge in [0, 0.05) is 23.2 Å². The molecule has 170 valence electrons. The van der Waals surface area contributed by atoms with Gasteiger partial charge in [-0.15, -0.1) is 10.2 Å². The number of rotatable bonds is 7. The van der Waals surface area contributed by atoms with Crippen LogP contribution in [0.1, 0.15) is 21.8 Å². The van der Waals surface area contributed by atoms with Crippen molar-refractivity contribution in [3.63, 3.8) is 0 Å². The van der Waals surface area contributed by atoms with Crippen LogP contribution in [0.5, 0.6) is 0 Å². The quantitative estimate of drug-likeness (QED) is 0.377.